The summed E-state index contributed by atoms with van der Waals surface area (Å²) < 4.78 is 15.7. The molecule has 0 saturated carbocycles. The second-order valence-electron chi connectivity index (χ2n) is 3.65. The average molecular weight is 237 g/mol. The highest BCUT2D eigenvalue weighted by Gasteiger charge is 2.14. The fourth-order valence-electron chi connectivity index (χ4n) is 1.43. The first-order valence-corrected chi connectivity index (χ1v) is 5.58. The Morgan fingerprint density at radius 1 is 1.41 bits per heavy atom. The maximum atomic E-state index is 11.3. The van der Waals surface area contributed by atoms with E-state index in [9.17, 15) is 4.79 Å². The molecule has 1 amide bonds. The van der Waals surface area contributed by atoms with Crippen LogP contribution in [0.25, 0.3) is 0 Å². The average Bonchev–Trinajstić information content (AvgIpc) is 2.81. The molecule has 1 heterocycles. The molecule has 0 aromatic heterocycles. The van der Waals surface area contributed by atoms with Crippen LogP contribution < -0.4 is 19.5 Å². The molecule has 0 bridgehead atoms. The molecule has 1 aromatic carbocycles. The maximum Gasteiger partial charge on any atom is 0.257 e. The highest BCUT2D eigenvalue weighted by Crippen LogP contribution is 2.34. The van der Waals surface area contributed by atoms with Crippen LogP contribution >= 0.6 is 0 Å². The van der Waals surface area contributed by atoms with E-state index in [-0.39, 0.29) is 19.3 Å². The van der Waals surface area contributed by atoms with Gasteiger partial charge in [0.25, 0.3) is 5.91 Å². The molecule has 17 heavy (non-hydrogen) atoms. The van der Waals surface area contributed by atoms with Crippen LogP contribution in [0.2, 0.25) is 0 Å². The van der Waals surface area contributed by atoms with Gasteiger partial charge in [0.1, 0.15) is 5.75 Å². The SMILES string of the molecule is CCCNC(=O)COc1ccc2c(c1)OCO2. The molecule has 1 aliphatic heterocycles. The van der Waals surface area contributed by atoms with Crippen molar-refractivity contribution in [3.8, 4) is 17.2 Å². The van der Waals surface area contributed by atoms with Gasteiger partial charge in [0.15, 0.2) is 18.1 Å². The lowest BCUT2D eigenvalue weighted by molar-refractivity contribution is -0.123. The molecule has 5 heteroatoms. The molecule has 1 N–H and O–H groups in total. The fraction of sp³-hybridized carbons (Fsp3) is 0.417. The molecule has 0 spiro atoms. The van der Waals surface area contributed by atoms with E-state index in [2.05, 4.69) is 5.32 Å². The summed E-state index contributed by atoms with van der Waals surface area (Å²) in [6, 6.07) is 5.23. The lowest BCUT2D eigenvalue weighted by Gasteiger charge is -2.07. The van der Waals surface area contributed by atoms with E-state index >= 15 is 0 Å². The van der Waals surface area contributed by atoms with Crippen LogP contribution in [0.15, 0.2) is 18.2 Å². The predicted octanol–water partition coefficient (Wildman–Crippen LogP) is 1.32. The normalized spacial score (nSPS) is 12.3. The van der Waals surface area contributed by atoms with Crippen LogP contribution in [0, 0.1) is 0 Å². The Bertz CT molecular complexity index is 405. The molecular formula is C12H15NO4. The van der Waals surface area contributed by atoms with Crippen molar-refractivity contribution in [1.82, 2.24) is 5.32 Å². The van der Waals surface area contributed by atoms with Gasteiger partial charge in [-0.15, -0.1) is 0 Å². The van der Waals surface area contributed by atoms with Crippen LogP contribution in [-0.4, -0.2) is 25.9 Å². The molecule has 1 aromatic rings. The van der Waals surface area contributed by atoms with Gasteiger partial charge in [-0.05, 0) is 18.6 Å². The number of carbonyl (C=O) groups is 1. The summed E-state index contributed by atoms with van der Waals surface area (Å²) >= 11 is 0. The fourth-order valence-corrected chi connectivity index (χ4v) is 1.43. The zero-order chi connectivity index (χ0) is 12.1. The number of rotatable bonds is 5. The van der Waals surface area contributed by atoms with Crippen molar-refractivity contribution in [3.05, 3.63) is 18.2 Å². The highest BCUT2D eigenvalue weighted by atomic mass is 16.7. The highest BCUT2D eigenvalue weighted by molar-refractivity contribution is 5.77. The van der Waals surface area contributed by atoms with Gasteiger partial charge < -0.3 is 19.5 Å². The van der Waals surface area contributed by atoms with E-state index in [1.807, 2.05) is 6.92 Å². The summed E-state index contributed by atoms with van der Waals surface area (Å²) in [7, 11) is 0. The smallest absolute Gasteiger partial charge is 0.257 e. The number of amides is 1. The molecule has 0 radical (unpaired) electrons. The molecular weight excluding hydrogens is 222 g/mol. The Balaban J connectivity index is 1.85. The third kappa shape index (κ3) is 3.03. The Morgan fingerprint density at radius 3 is 3.06 bits per heavy atom. The molecule has 0 unspecified atom stereocenters. The molecule has 0 atom stereocenters. The number of ether oxygens (including phenoxy) is 3. The number of benzene rings is 1. The second-order valence-corrected chi connectivity index (χ2v) is 3.65. The number of hydrogen-bond donors (Lipinski definition) is 1. The predicted molar refractivity (Wildman–Crippen MR) is 61.4 cm³/mol. The minimum absolute atomic E-state index is 0.0135. The number of carbonyl (C=O) groups excluding carboxylic acids is 1. The number of fused-ring (bicyclic) bond motifs is 1. The van der Waals surface area contributed by atoms with Crippen LogP contribution in [-0.2, 0) is 4.79 Å². The summed E-state index contributed by atoms with van der Waals surface area (Å²) in [4.78, 5) is 11.3. The van der Waals surface area contributed by atoms with Crippen molar-refractivity contribution in [2.45, 2.75) is 13.3 Å². The van der Waals surface area contributed by atoms with E-state index in [0.29, 0.717) is 23.8 Å². The topological polar surface area (TPSA) is 56.8 Å². The minimum atomic E-state index is -0.121. The lowest BCUT2D eigenvalue weighted by atomic mass is 10.3. The molecule has 92 valence electrons. The summed E-state index contributed by atoms with van der Waals surface area (Å²) in [5.41, 5.74) is 0. The van der Waals surface area contributed by atoms with Crippen molar-refractivity contribution in [1.29, 1.82) is 0 Å². The van der Waals surface area contributed by atoms with Gasteiger partial charge in [-0.25, -0.2) is 0 Å². The van der Waals surface area contributed by atoms with Crippen molar-refractivity contribution in [2.24, 2.45) is 0 Å². The van der Waals surface area contributed by atoms with E-state index in [1.54, 1.807) is 18.2 Å². The van der Waals surface area contributed by atoms with Crippen LogP contribution in [0.4, 0.5) is 0 Å². The Morgan fingerprint density at radius 2 is 2.24 bits per heavy atom. The zero-order valence-electron chi connectivity index (χ0n) is 9.69. The van der Waals surface area contributed by atoms with Crippen LogP contribution in [0.3, 0.4) is 0 Å². The largest absolute Gasteiger partial charge is 0.484 e. The first-order valence-electron chi connectivity index (χ1n) is 5.58. The summed E-state index contributed by atoms with van der Waals surface area (Å²) in [6.45, 7) is 2.91. The summed E-state index contributed by atoms with van der Waals surface area (Å²) in [5.74, 6) is 1.83. The third-order valence-corrected chi connectivity index (χ3v) is 2.29. The number of hydrogen-bond acceptors (Lipinski definition) is 4. The molecule has 0 saturated heterocycles. The van der Waals surface area contributed by atoms with E-state index < -0.39 is 0 Å². The van der Waals surface area contributed by atoms with E-state index in [4.69, 9.17) is 14.2 Å². The van der Waals surface area contributed by atoms with Gasteiger partial charge >= 0.3 is 0 Å². The van der Waals surface area contributed by atoms with Crippen LogP contribution in [0.5, 0.6) is 17.2 Å². The molecule has 2 rings (SSSR count). The standard InChI is InChI=1S/C12H15NO4/c1-2-5-13-12(14)7-15-9-3-4-10-11(6-9)17-8-16-10/h3-4,6H,2,5,7-8H2,1H3,(H,13,14). The number of nitrogens with one attached hydrogen (secondary N) is 1. The van der Waals surface area contributed by atoms with Crippen molar-refractivity contribution < 1.29 is 19.0 Å². The summed E-state index contributed by atoms with van der Waals surface area (Å²) in [6.07, 6.45) is 0.912. The van der Waals surface area contributed by atoms with Crippen molar-refractivity contribution >= 4 is 5.91 Å². The maximum absolute atomic E-state index is 11.3. The van der Waals surface area contributed by atoms with Crippen LogP contribution in [0.1, 0.15) is 13.3 Å². The molecule has 0 aliphatic carbocycles. The Hall–Kier alpha value is -1.91. The Labute approximate surface area is 99.7 Å². The first-order chi connectivity index (χ1) is 8.29. The third-order valence-electron chi connectivity index (χ3n) is 2.29. The molecule has 5 nitrogen and oxygen atoms in total. The van der Waals surface area contributed by atoms with Crippen molar-refractivity contribution in [2.75, 3.05) is 19.9 Å². The van der Waals surface area contributed by atoms with Gasteiger partial charge in [0, 0.05) is 12.6 Å². The van der Waals surface area contributed by atoms with Gasteiger partial charge in [-0.1, -0.05) is 6.92 Å². The quantitative estimate of drug-likeness (QED) is 0.839. The molecule has 0 fully saturated rings. The Kier molecular flexibility index (Phi) is 3.69. The van der Waals surface area contributed by atoms with Crippen molar-refractivity contribution in [3.63, 3.8) is 0 Å². The van der Waals surface area contributed by atoms with Gasteiger partial charge in [0.05, 0.1) is 0 Å². The lowest BCUT2D eigenvalue weighted by Crippen LogP contribution is -2.29. The monoisotopic (exact) mass is 237 g/mol. The minimum Gasteiger partial charge on any atom is -0.484 e. The van der Waals surface area contributed by atoms with Gasteiger partial charge in [-0.3, -0.25) is 4.79 Å². The van der Waals surface area contributed by atoms with Gasteiger partial charge in [-0.2, -0.15) is 0 Å². The second kappa shape index (κ2) is 5.43. The zero-order valence-corrected chi connectivity index (χ0v) is 9.69. The molecule has 1 aliphatic rings. The van der Waals surface area contributed by atoms with E-state index in [1.165, 1.54) is 0 Å². The summed E-state index contributed by atoms with van der Waals surface area (Å²) in [5, 5.41) is 2.74. The van der Waals surface area contributed by atoms with Gasteiger partial charge in [0.2, 0.25) is 6.79 Å². The van der Waals surface area contributed by atoms with E-state index in [0.717, 1.165) is 6.42 Å². The first kappa shape index (κ1) is 11.6.